The summed E-state index contributed by atoms with van der Waals surface area (Å²) < 4.78 is 9.46. The Kier molecular flexibility index (Phi) is 8.36. The van der Waals surface area contributed by atoms with Crippen molar-refractivity contribution in [1.29, 1.82) is 0 Å². The standard InChI is InChI=1S/C21H27ClN6O2S/c1-3-4-13-27-20(16-7-9-17(22)10-8-16)25-28(21(27)31)14-11-18(29)23-12-5-6-19-24-15(2)26-30-19/h7-10H,3-6,11-14H2,1-2H3,(H,23,29). The highest BCUT2D eigenvalue weighted by Gasteiger charge is 2.14. The minimum Gasteiger partial charge on any atom is -0.356 e. The van der Waals surface area contributed by atoms with E-state index >= 15 is 0 Å². The molecule has 0 fully saturated rings. The molecule has 31 heavy (non-hydrogen) atoms. The summed E-state index contributed by atoms with van der Waals surface area (Å²) in [4.78, 5) is 16.4. The average molecular weight is 463 g/mol. The lowest BCUT2D eigenvalue weighted by atomic mass is 10.2. The Labute approximate surface area is 191 Å². The molecule has 0 aliphatic carbocycles. The first-order valence-corrected chi connectivity index (χ1v) is 11.3. The molecule has 0 aliphatic heterocycles. The van der Waals surface area contributed by atoms with Gasteiger partial charge in [0.2, 0.25) is 11.8 Å². The molecule has 1 N–H and O–H groups in total. The van der Waals surface area contributed by atoms with Crippen molar-refractivity contribution in [2.75, 3.05) is 6.54 Å². The van der Waals surface area contributed by atoms with Gasteiger partial charge < -0.3 is 9.84 Å². The summed E-state index contributed by atoms with van der Waals surface area (Å²) in [5, 5.41) is 12.0. The molecular formula is C21H27ClN6O2S. The first-order chi connectivity index (χ1) is 15.0. The first-order valence-electron chi connectivity index (χ1n) is 10.5. The van der Waals surface area contributed by atoms with Crippen molar-refractivity contribution in [3.63, 3.8) is 0 Å². The van der Waals surface area contributed by atoms with Crippen LogP contribution in [0.25, 0.3) is 11.4 Å². The van der Waals surface area contributed by atoms with Crippen LogP contribution in [0.15, 0.2) is 28.8 Å². The number of hydrogen-bond acceptors (Lipinski definition) is 6. The van der Waals surface area contributed by atoms with Crippen molar-refractivity contribution in [2.24, 2.45) is 0 Å². The van der Waals surface area contributed by atoms with Gasteiger partial charge in [-0.1, -0.05) is 30.1 Å². The Hall–Kier alpha value is -2.52. The normalized spacial score (nSPS) is 11.1. The van der Waals surface area contributed by atoms with Crippen molar-refractivity contribution in [3.05, 3.63) is 45.8 Å². The van der Waals surface area contributed by atoms with Crippen LogP contribution < -0.4 is 5.32 Å². The smallest absolute Gasteiger partial charge is 0.226 e. The zero-order chi connectivity index (χ0) is 22.2. The quantitative estimate of drug-likeness (QED) is 0.336. The van der Waals surface area contributed by atoms with Gasteiger partial charge in [0, 0.05) is 36.5 Å². The number of aromatic nitrogens is 5. The lowest BCUT2D eigenvalue weighted by Crippen LogP contribution is -2.26. The topological polar surface area (TPSA) is 90.8 Å². The van der Waals surface area contributed by atoms with E-state index in [1.165, 1.54) is 0 Å². The maximum absolute atomic E-state index is 12.3. The van der Waals surface area contributed by atoms with Crippen LogP contribution in [0.1, 0.15) is 44.3 Å². The number of carbonyl (C=O) groups excluding carboxylic acids is 1. The van der Waals surface area contributed by atoms with Crippen LogP contribution >= 0.6 is 23.8 Å². The molecule has 3 aromatic rings. The maximum atomic E-state index is 12.3. The monoisotopic (exact) mass is 462 g/mol. The molecule has 8 nitrogen and oxygen atoms in total. The summed E-state index contributed by atoms with van der Waals surface area (Å²) in [7, 11) is 0. The molecule has 1 aromatic carbocycles. The third kappa shape index (κ3) is 6.48. The largest absolute Gasteiger partial charge is 0.356 e. The van der Waals surface area contributed by atoms with E-state index in [0.29, 0.717) is 47.4 Å². The predicted molar refractivity (Wildman–Crippen MR) is 121 cm³/mol. The van der Waals surface area contributed by atoms with Crippen LogP contribution in [-0.2, 0) is 24.3 Å². The van der Waals surface area contributed by atoms with E-state index in [4.69, 9.17) is 33.4 Å². The molecule has 166 valence electrons. The molecule has 0 unspecified atom stereocenters. The molecule has 0 saturated carbocycles. The second-order valence-corrected chi connectivity index (χ2v) is 8.08. The summed E-state index contributed by atoms with van der Waals surface area (Å²) in [5.74, 6) is 1.96. The zero-order valence-corrected chi connectivity index (χ0v) is 19.4. The van der Waals surface area contributed by atoms with Crippen molar-refractivity contribution in [1.82, 2.24) is 29.8 Å². The summed E-state index contributed by atoms with van der Waals surface area (Å²) in [6.07, 6.45) is 3.73. The summed E-state index contributed by atoms with van der Waals surface area (Å²) in [6, 6.07) is 7.55. The molecule has 1 amide bonds. The van der Waals surface area contributed by atoms with E-state index in [1.807, 2.05) is 28.8 Å². The Morgan fingerprint density at radius 2 is 2.00 bits per heavy atom. The first kappa shape index (κ1) is 23.1. The Bertz CT molecular complexity index is 1060. The van der Waals surface area contributed by atoms with E-state index in [0.717, 1.165) is 37.2 Å². The van der Waals surface area contributed by atoms with Gasteiger partial charge in [0.05, 0.1) is 6.54 Å². The Morgan fingerprint density at radius 1 is 1.23 bits per heavy atom. The molecule has 0 saturated heterocycles. The van der Waals surface area contributed by atoms with Crippen LogP contribution in [-0.4, -0.2) is 36.9 Å². The maximum Gasteiger partial charge on any atom is 0.226 e. The lowest BCUT2D eigenvalue weighted by molar-refractivity contribution is -0.121. The Balaban J connectivity index is 1.58. The number of amides is 1. The molecule has 0 radical (unpaired) electrons. The third-order valence-electron chi connectivity index (χ3n) is 4.77. The number of nitrogens with one attached hydrogen (secondary N) is 1. The van der Waals surface area contributed by atoms with Crippen LogP contribution in [0.4, 0.5) is 0 Å². The Morgan fingerprint density at radius 3 is 2.68 bits per heavy atom. The molecule has 0 bridgehead atoms. The fourth-order valence-electron chi connectivity index (χ4n) is 3.12. The summed E-state index contributed by atoms with van der Waals surface area (Å²) in [6.45, 7) is 5.68. The van der Waals surface area contributed by atoms with Crippen LogP contribution in [0, 0.1) is 11.7 Å². The SMILES string of the molecule is CCCCn1c(-c2ccc(Cl)cc2)nn(CCC(=O)NCCCc2nc(C)no2)c1=S. The highest BCUT2D eigenvalue weighted by molar-refractivity contribution is 7.71. The molecule has 0 atom stereocenters. The van der Waals surface area contributed by atoms with Gasteiger partial charge in [-0.15, -0.1) is 0 Å². The van der Waals surface area contributed by atoms with E-state index in [2.05, 4.69) is 22.4 Å². The molecule has 2 heterocycles. The fourth-order valence-corrected chi connectivity index (χ4v) is 3.56. The zero-order valence-electron chi connectivity index (χ0n) is 17.8. The molecule has 3 rings (SSSR count). The number of halogens is 1. The predicted octanol–water partition coefficient (Wildman–Crippen LogP) is 4.37. The van der Waals surface area contributed by atoms with Crippen LogP contribution in [0.3, 0.4) is 0 Å². The van der Waals surface area contributed by atoms with E-state index in [9.17, 15) is 4.79 Å². The number of benzene rings is 1. The van der Waals surface area contributed by atoms with Crippen molar-refractivity contribution in [3.8, 4) is 11.4 Å². The summed E-state index contributed by atoms with van der Waals surface area (Å²) in [5.41, 5.74) is 0.950. The number of nitrogens with zero attached hydrogens (tertiary/aromatic N) is 5. The van der Waals surface area contributed by atoms with Gasteiger partial charge >= 0.3 is 0 Å². The van der Waals surface area contributed by atoms with Gasteiger partial charge in [0.25, 0.3) is 0 Å². The summed E-state index contributed by atoms with van der Waals surface area (Å²) >= 11 is 11.7. The van der Waals surface area contributed by atoms with E-state index in [-0.39, 0.29) is 5.91 Å². The van der Waals surface area contributed by atoms with Crippen molar-refractivity contribution < 1.29 is 9.32 Å². The molecule has 0 aliphatic rings. The van der Waals surface area contributed by atoms with Gasteiger partial charge in [0.1, 0.15) is 0 Å². The van der Waals surface area contributed by atoms with Crippen LogP contribution in [0.5, 0.6) is 0 Å². The minimum absolute atomic E-state index is 0.0419. The average Bonchev–Trinajstić information content (AvgIpc) is 3.31. The van der Waals surface area contributed by atoms with Gasteiger partial charge in [-0.2, -0.15) is 10.1 Å². The van der Waals surface area contributed by atoms with Gasteiger partial charge in [0.15, 0.2) is 16.4 Å². The molecule has 10 heteroatoms. The lowest BCUT2D eigenvalue weighted by Gasteiger charge is -2.06. The van der Waals surface area contributed by atoms with Crippen molar-refractivity contribution >= 4 is 29.7 Å². The highest BCUT2D eigenvalue weighted by atomic mass is 35.5. The van der Waals surface area contributed by atoms with E-state index < -0.39 is 0 Å². The number of unbranched alkanes of at least 4 members (excludes halogenated alkanes) is 1. The van der Waals surface area contributed by atoms with Gasteiger partial charge in [-0.25, -0.2) is 4.68 Å². The van der Waals surface area contributed by atoms with Crippen molar-refractivity contribution in [2.45, 2.75) is 59.0 Å². The van der Waals surface area contributed by atoms with Gasteiger partial charge in [-0.05, 0) is 56.2 Å². The third-order valence-corrected chi connectivity index (χ3v) is 5.45. The second-order valence-electron chi connectivity index (χ2n) is 7.28. The molecular weight excluding hydrogens is 436 g/mol. The van der Waals surface area contributed by atoms with E-state index in [1.54, 1.807) is 11.6 Å². The second kappa shape index (κ2) is 11.2. The number of rotatable bonds is 11. The highest BCUT2D eigenvalue weighted by Crippen LogP contribution is 2.21. The van der Waals surface area contributed by atoms with Crippen LogP contribution in [0.2, 0.25) is 5.02 Å². The van der Waals surface area contributed by atoms with Gasteiger partial charge in [-0.3, -0.25) is 9.36 Å². The molecule has 2 aromatic heterocycles. The molecule has 0 spiro atoms. The fraction of sp³-hybridized carbons (Fsp3) is 0.476. The number of carbonyl (C=O) groups is 1. The number of hydrogen-bond donors (Lipinski definition) is 1. The number of aryl methyl sites for hydroxylation is 3. The minimum atomic E-state index is -0.0419.